The Kier molecular flexibility index (Phi) is 5.67. The van der Waals surface area contributed by atoms with Crippen molar-refractivity contribution < 1.29 is 19.0 Å². The van der Waals surface area contributed by atoms with Gasteiger partial charge in [-0.15, -0.1) is 0 Å². The molecule has 0 aliphatic rings. The van der Waals surface area contributed by atoms with Crippen LogP contribution in [0.3, 0.4) is 0 Å². The molecule has 4 nitrogen and oxygen atoms in total. The van der Waals surface area contributed by atoms with Crippen molar-refractivity contribution in [2.75, 3.05) is 21.3 Å². The predicted octanol–water partition coefficient (Wildman–Crippen LogP) is 2.69. The fourth-order valence-electron chi connectivity index (χ4n) is 2.00. The molecule has 1 unspecified atom stereocenters. The molecule has 0 saturated heterocycles. The molecule has 0 N–H and O–H groups in total. The van der Waals surface area contributed by atoms with E-state index in [4.69, 9.17) is 14.2 Å². The minimum Gasteiger partial charge on any atom is -0.493 e. The Morgan fingerprint density at radius 3 is 2.21 bits per heavy atom. The largest absolute Gasteiger partial charge is 0.493 e. The van der Waals surface area contributed by atoms with Crippen molar-refractivity contribution in [1.82, 2.24) is 0 Å². The van der Waals surface area contributed by atoms with Gasteiger partial charge in [0.15, 0.2) is 11.5 Å². The Bertz CT molecular complexity index is 426. The molecule has 0 heterocycles. The van der Waals surface area contributed by atoms with Crippen LogP contribution in [0.4, 0.5) is 0 Å². The maximum atomic E-state index is 11.8. The minimum atomic E-state index is -0.176. The summed E-state index contributed by atoms with van der Waals surface area (Å²) in [6.45, 7) is 4.03. The number of ether oxygens (including phenoxy) is 3. The zero-order valence-corrected chi connectivity index (χ0v) is 12.2. The highest BCUT2D eigenvalue weighted by Crippen LogP contribution is 2.29. The maximum absolute atomic E-state index is 11.8. The third-order valence-electron chi connectivity index (χ3n) is 3.21. The fraction of sp³-hybridized carbons (Fsp3) is 0.533. The first-order valence-electron chi connectivity index (χ1n) is 6.32. The molecule has 0 spiro atoms. The molecule has 0 aromatic heterocycles. The molecule has 19 heavy (non-hydrogen) atoms. The predicted molar refractivity (Wildman–Crippen MR) is 73.6 cm³/mol. The van der Waals surface area contributed by atoms with Crippen molar-refractivity contribution in [2.24, 2.45) is 11.8 Å². The van der Waals surface area contributed by atoms with Crippen molar-refractivity contribution in [2.45, 2.75) is 20.3 Å². The molecule has 1 aromatic rings. The molecule has 0 amide bonds. The number of methoxy groups -OCH3 is 3. The summed E-state index contributed by atoms with van der Waals surface area (Å²) in [6, 6.07) is 5.69. The molecular weight excluding hydrogens is 244 g/mol. The Labute approximate surface area is 114 Å². The van der Waals surface area contributed by atoms with E-state index in [2.05, 4.69) is 0 Å². The number of rotatable bonds is 6. The normalized spacial score (nSPS) is 12.1. The Hall–Kier alpha value is -1.71. The number of hydrogen-bond donors (Lipinski definition) is 0. The first-order valence-corrected chi connectivity index (χ1v) is 6.32. The summed E-state index contributed by atoms with van der Waals surface area (Å²) in [7, 11) is 4.62. The van der Waals surface area contributed by atoms with Gasteiger partial charge in [0, 0.05) is 0 Å². The van der Waals surface area contributed by atoms with Crippen molar-refractivity contribution in [3.63, 3.8) is 0 Å². The number of benzene rings is 1. The first-order chi connectivity index (χ1) is 9.03. The molecule has 106 valence electrons. The monoisotopic (exact) mass is 266 g/mol. The lowest BCUT2D eigenvalue weighted by Crippen LogP contribution is -2.23. The minimum absolute atomic E-state index is 0.150. The summed E-state index contributed by atoms with van der Waals surface area (Å²) < 4.78 is 15.3. The highest BCUT2D eigenvalue weighted by molar-refractivity contribution is 5.73. The van der Waals surface area contributed by atoms with Crippen LogP contribution in [0.1, 0.15) is 19.4 Å². The van der Waals surface area contributed by atoms with E-state index in [0.717, 1.165) is 5.56 Å². The van der Waals surface area contributed by atoms with Gasteiger partial charge in [0.1, 0.15) is 0 Å². The van der Waals surface area contributed by atoms with Gasteiger partial charge in [0.25, 0.3) is 0 Å². The lowest BCUT2D eigenvalue weighted by Gasteiger charge is -2.19. The SMILES string of the molecule is COC(=O)C(Cc1ccc(OC)c(OC)c1)C(C)C. The van der Waals surface area contributed by atoms with Crippen molar-refractivity contribution in [3.8, 4) is 11.5 Å². The Morgan fingerprint density at radius 1 is 1.11 bits per heavy atom. The molecule has 0 bridgehead atoms. The van der Waals surface area contributed by atoms with E-state index in [1.54, 1.807) is 14.2 Å². The van der Waals surface area contributed by atoms with E-state index < -0.39 is 0 Å². The molecule has 1 rings (SSSR count). The van der Waals surface area contributed by atoms with Crippen molar-refractivity contribution in [1.29, 1.82) is 0 Å². The van der Waals surface area contributed by atoms with Gasteiger partial charge >= 0.3 is 5.97 Å². The van der Waals surface area contributed by atoms with Gasteiger partial charge in [-0.1, -0.05) is 19.9 Å². The molecule has 4 heteroatoms. The summed E-state index contributed by atoms with van der Waals surface area (Å²) >= 11 is 0. The second kappa shape index (κ2) is 7.02. The fourth-order valence-corrected chi connectivity index (χ4v) is 2.00. The van der Waals surface area contributed by atoms with Gasteiger partial charge in [-0.25, -0.2) is 0 Å². The van der Waals surface area contributed by atoms with E-state index in [1.807, 2.05) is 32.0 Å². The standard InChI is InChI=1S/C15H22O4/c1-10(2)12(15(16)19-5)8-11-6-7-13(17-3)14(9-11)18-4/h6-7,9-10,12H,8H2,1-5H3. The number of carbonyl (C=O) groups excluding carboxylic acids is 1. The second-order valence-corrected chi connectivity index (χ2v) is 4.77. The van der Waals surface area contributed by atoms with Gasteiger partial charge in [-0.05, 0) is 30.0 Å². The summed E-state index contributed by atoms with van der Waals surface area (Å²) in [5, 5.41) is 0. The van der Waals surface area contributed by atoms with Crippen LogP contribution in [0, 0.1) is 11.8 Å². The highest BCUT2D eigenvalue weighted by atomic mass is 16.5. The lowest BCUT2D eigenvalue weighted by molar-refractivity contribution is -0.146. The van der Waals surface area contributed by atoms with Gasteiger partial charge in [0.05, 0.1) is 27.2 Å². The Balaban J connectivity index is 2.94. The van der Waals surface area contributed by atoms with E-state index in [-0.39, 0.29) is 17.8 Å². The summed E-state index contributed by atoms with van der Waals surface area (Å²) in [4.78, 5) is 11.8. The van der Waals surface area contributed by atoms with Crippen LogP contribution in [-0.2, 0) is 16.0 Å². The molecule has 0 aliphatic carbocycles. The molecule has 0 saturated carbocycles. The quantitative estimate of drug-likeness (QED) is 0.743. The molecule has 0 aliphatic heterocycles. The lowest BCUT2D eigenvalue weighted by atomic mass is 9.89. The smallest absolute Gasteiger partial charge is 0.309 e. The van der Waals surface area contributed by atoms with Gasteiger partial charge in [0.2, 0.25) is 0 Å². The van der Waals surface area contributed by atoms with Crippen molar-refractivity contribution in [3.05, 3.63) is 23.8 Å². The summed E-state index contributed by atoms with van der Waals surface area (Å²) in [5.41, 5.74) is 1.03. The molecular formula is C15H22O4. The third-order valence-corrected chi connectivity index (χ3v) is 3.21. The molecule has 1 atom stereocenters. The zero-order valence-electron chi connectivity index (χ0n) is 12.2. The number of hydrogen-bond acceptors (Lipinski definition) is 4. The van der Waals surface area contributed by atoms with E-state index in [0.29, 0.717) is 17.9 Å². The van der Waals surface area contributed by atoms with Crippen LogP contribution in [-0.4, -0.2) is 27.3 Å². The van der Waals surface area contributed by atoms with Crippen molar-refractivity contribution >= 4 is 5.97 Å². The van der Waals surface area contributed by atoms with Gasteiger partial charge in [-0.3, -0.25) is 4.79 Å². The number of esters is 1. The number of carbonyl (C=O) groups is 1. The van der Waals surface area contributed by atoms with E-state index >= 15 is 0 Å². The van der Waals surface area contributed by atoms with Crippen LogP contribution in [0.5, 0.6) is 11.5 Å². The average Bonchev–Trinajstić information content (AvgIpc) is 2.43. The third kappa shape index (κ3) is 3.88. The second-order valence-electron chi connectivity index (χ2n) is 4.77. The Morgan fingerprint density at radius 2 is 1.74 bits per heavy atom. The molecule has 0 radical (unpaired) electrons. The van der Waals surface area contributed by atoms with Gasteiger partial charge < -0.3 is 14.2 Å². The van der Waals surface area contributed by atoms with E-state index in [9.17, 15) is 4.79 Å². The summed E-state index contributed by atoms with van der Waals surface area (Å²) in [6.07, 6.45) is 0.630. The van der Waals surface area contributed by atoms with Crippen LogP contribution < -0.4 is 9.47 Å². The van der Waals surface area contributed by atoms with Gasteiger partial charge in [-0.2, -0.15) is 0 Å². The topological polar surface area (TPSA) is 44.8 Å². The highest BCUT2D eigenvalue weighted by Gasteiger charge is 2.23. The molecule has 0 fully saturated rings. The van der Waals surface area contributed by atoms with E-state index in [1.165, 1.54) is 7.11 Å². The van der Waals surface area contributed by atoms with Crippen LogP contribution in [0.25, 0.3) is 0 Å². The first kappa shape index (κ1) is 15.3. The average molecular weight is 266 g/mol. The van der Waals surface area contributed by atoms with Crippen LogP contribution in [0.15, 0.2) is 18.2 Å². The van der Waals surface area contributed by atoms with Crippen LogP contribution >= 0.6 is 0 Å². The molecule has 1 aromatic carbocycles. The van der Waals surface area contributed by atoms with Crippen LogP contribution in [0.2, 0.25) is 0 Å². The maximum Gasteiger partial charge on any atom is 0.309 e. The summed E-state index contributed by atoms with van der Waals surface area (Å²) in [5.74, 6) is 1.26. The zero-order chi connectivity index (χ0) is 14.4.